The molecule has 5 rings (SSSR count). The maximum absolute atomic E-state index is 5.56. The van der Waals surface area contributed by atoms with E-state index in [4.69, 9.17) is 14.4 Å². The highest BCUT2D eigenvalue weighted by atomic mass is 16.3. The van der Waals surface area contributed by atoms with Crippen molar-refractivity contribution in [2.45, 2.75) is 18.8 Å². The van der Waals surface area contributed by atoms with Crippen LogP contribution in [0.1, 0.15) is 24.6 Å². The van der Waals surface area contributed by atoms with E-state index in [1.165, 1.54) is 19.2 Å². The standard InChI is InChI=1S/C17H13N5O/c1-2-14(23-7-1)15-11(12-5-6-18-9-19-12)8-13-17(21-15)22-16(20-13)10-3-4-10/h1-2,5-10H,3-4H2,(H,20,21,22). The van der Waals surface area contributed by atoms with Gasteiger partial charge in [0.2, 0.25) is 0 Å². The van der Waals surface area contributed by atoms with Gasteiger partial charge in [-0.2, -0.15) is 0 Å². The number of rotatable bonds is 3. The minimum atomic E-state index is 0.554. The molecule has 0 amide bonds. The Morgan fingerprint density at radius 3 is 2.87 bits per heavy atom. The Kier molecular flexibility index (Phi) is 2.58. The van der Waals surface area contributed by atoms with Gasteiger partial charge < -0.3 is 9.40 Å². The van der Waals surface area contributed by atoms with Crippen LogP contribution >= 0.6 is 0 Å². The number of nitrogens with one attached hydrogen (secondary N) is 1. The Bertz CT molecular complexity index is 971. The summed E-state index contributed by atoms with van der Waals surface area (Å²) in [6.07, 6.45) is 7.30. The van der Waals surface area contributed by atoms with Crippen molar-refractivity contribution in [3.8, 4) is 22.7 Å². The lowest BCUT2D eigenvalue weighted by Gasteiger charge is -2.05. The van der Waals surface area contributed by atoms with E-state index in [1.807, 2.05) is 24.3 Å². The van der Waals surface area contributed by atoms with Crippen LogP contribution in [0.2, 0.25) is 0 Å². The van der Waals surface area contributed by atoms with Crippen LogP contribution in [0, 0.1) is 0 Å². The van der Waals surface area contributed by atoms with E-state index in [0.717, 1.165) is 33.9 Å². The van der Waals surface area contributed by atoms with Crippen molar-refractivity contribution in [1.82, 2.24) is 24.9 Å². The zero-order chi connectivity index (χ0) is 15.2. The molecule has 1 saturated carbocycles. The summed E-state index contributed by atoms with van der Waals surface area (Å²) in [5.41, 5.74) is 4.10. The summed E-state index contributed by atoms with van der Waals surface area (Å²) >= 11 is 0. The summed E-state index contributed by atoms with van der Waals surface area (Å²) in [6.45, 7) is 0. The molecule has 0 aliphatic heterocycles. The van der Waals surface area contributed by atoms with Crippen LogP contribution in [0.3, 0.4) is 0 Å². The molecule has 23 heavy (non-hydrogen) atoms. The molecule has 4 aromatic heterocycles. The van der Waals surface area contributed by atoms with Gasteiger partial charge in [-0.3, -0.25) is 0 Å². The van der Waals surface area contributed by atoms with E-state index in [2.05, 4.69) is 15.0 Å². The second kappa shape index (κ2) is 4.74. The largest absolute Gasteiger partial charge is 0.463 e. The average molecular weight is 303 g/mol. The molecule has 1 fully saturated rings. The molecule has 1 aliphatic rings. The van der Waals surface area contributed by atoms with E-state index in [1.54, 1.807) is 12.5 Å². The van der Waals surface area contributed by atoms with Gasteiger partial charge in [-0.1, -0.05) is 0 Å². The van der Waals surface area contributed by atoms with E-state index >= 15 is 0 Å². The molecule has 0 saturated heterocycles. The highest BCUT2D eigenvalue weighted by molar-refractivity contribution is 5.86. The lowest BCUT2D eigenvalue weighted by Crippen LogP contribution is -1.92. The van der Waals surface area contributed by atoms with Gasteiger partial charge in [-0.25, -0.2) is 19.9 Å². The normalized spacial score (nSPS) is 14.4. The molecule has 0 spiro atoms. The van der Waals surface area contributed by atoms with Crippen LogP contribution in [-0.2, 0) is 0 Å². The van der Waals surface area contributed by atoms with Crippen molar-refractivity contribution in [2.75, 3.05) is 0 Å². The summed E-state index contributed by atoms with van der Waals surface area (Å²) in [6, 6.07) is 7.64. The fraction of sp³-hybridized carbons (Fsp3) is 0.176. The highest BCUT2D eigenvalue weighted by Gasteiger charge is 2.27. The molecular formula is C17H13N5O. The van der Waals surface area contributed by atoms with Crippen molar-refractivity contribution in [3.63, 3.8) is 0 Å². The van der Waals surface area contributed by atoms with Crippen LogP contribution in [0.15, 0.2) is 47.5 Å². The smallest absolute Gasteiger partial charge is 0.158 e. The number of hydrogen-bond acceptors (Lipinski definition) is 5. The Labute approximate surface area is 131 Å². The fourth-order valence-electron chi connectivity index (χ4n) is 2.76. The van der Waals surface area contributed by atoms with Crippen molar-refractivity contribution in [2.24, 2.45) is 0 Å². The van der Waals surface area contributed by atoms with Gasteiger partial charge >= 0.3 is 0 Å². The number of pyridine rings is 1. The van der Waals surface area contributed by atoms with Crippen LogP contribution in [-0.4, -0.2) is 24.9 Å². The van der Waals surface area contributed by atoms with Gasteiger partial charge in [-0.15, -0.1) is 0 Å². The molecule has 1 N–H and O–H groups in total. The molecule has 4 aromatic rings. The summed E-state index contributed by atoms with van der Waals surface area (Å²) in [4.78, 5) is 21.1. The van der Waals surface area contributed by atoms with Crippen LogP contribution in [0.5, 0.6) is 0 Å². The molecule has 4 heterocycles. The van der Waals surface area contributed by atoms with Crippen molar-refractivity contribution < 1.29 is 4.42 Å². The van der Waals surface area contributed by atoms with Crippen molar-refractivity contribution >= 4 is 11.2 Å². The Balaban J connectivity index is 1.77. The van der Waals surface area contributed by atoms with Crippen LogP contribution in [0.4, 0.5) is 0 Å². The number of H-pyrrole nitrogens is 1. The lowest BCUT2D eigenvalue weighted by atomic mass is 10.1. The minimum Gasteiger partial charge on any atom is -0.463 e. The first kappa shape index (κ1) is 12.5. The fourth-order valence-corrected chi connectivity index (χ4v) is 2.76. The predicted molar refractivity (Wildman–Crippen MR) is 84.6 cm³/mol. The number of aromatic amines is 1. The van der Waals surface area contributed by atoms with Gasteiger partial charge in [0, 0.05) is 17.7 Å². The molecule has 0 unspecified atom stereocenters. The zero-order valence-corrected chi connectivity index (χ0v) is 12.2. The van der Waals surface area contributed by atoms with E-state index in [0.29, 0.717) is 11.7 Å². The summed E-state index contributed by atoms with van der Waals surface area (Å²) in [5, 5.41) is 0. The molecule has 112 valence electrons. The van der Waals surface area contributed by atoms with Crippen LogP contribution < -0.4 is 0 Å². The molecule has 0 aromatic carbocycles. The first-order valence-electron chi connectivity index (χ1n) is 7.59. The summed E-state index contributed by atoms with van der Waals surface area (Å²) in [7, 11) is 0. The molecule has 0 bridgehead atoms. The van der Waals surface area contributed by atoms with Gasteiger partial charge in [-0.05, 0) is 37.1 Å². The summed E-state index contributed by atoms with van der Waals surface area (Å²) < 4.78 is 5.56. The van der Waals surface area contributed by atoms with Gasteiger partial charge in [0.25, 0.3) is 0 Å². The maximum Gasteiger partial charge on any atom is 0.158 e. The number of aromatic nitrogens is 5. The number of fused-ring (bicyclic) bond motifs is 1. The van der Waals surface area contributed by atoms with E-state index in [-0.39, 0.29) is 0 Å². The SMILES string of the molecule is c1coc(-c2nc3[nH]c(C4CC4)nc3cc2-c2ccncn2)c1. The maximum atomic E-state index is 5.56. The highest BCUT2D eigenvalue weighted by Crippen LogP contribution is 2.39. The topological polar surface area (TPSA) is 80.5 Å². The first-order chi connectivity index (χ1) is 11.4. The predicted octanol–water partition coefficient (Wildman–Crippen LogP) is 3.55. The third-order valence-corrected chi connectivity index (χ3v) is 4.07. The molecule has 0 radical (unpaired) electrons. The Hall–Kier alpha value is -3.02. The number of nitrogens with zero attached hydrogens (tertiary/aromatic N) is 4. The third kappa shape index (κ3) is 2.11. The van der Waals surface area contributed by atoms with Gasteiger partial charge in [0.15, 0.2) is 11.4 Å². The van der Waals surface area contributed by atoms with Crippen molar-refractivity contribution in [3.05, 3.63) is 48.9 Å². The molecule has 6 heteroatoms. The lowest BCUT2D eigenvalue weighted by molar-refractivity contribution is 0.580. The first-order valence-corrected chi connectivity index (χ1v) is 7.59. The number of hydrogen-bond donors (Lipinski definition) is 1. The average Bonchev–Trinajstić information content (AvgIpc) is 3.14. The number of imidazole rings is 1. The quantitative estimate of drug-likeness (QED) is 0.626. The van der Waals surface area contributed by atoms with Gasteiger partial charge in [0.1, 0.15) is 23.4 Å². The van der Waals surface area contributed by atoms with Crippen molar-refractivity contribution in [1.29, 1.82) is 0 Å². The molecule has 6 nitrogen and oxygen atoms in total. The monoisotopic (exact) mass is 303 g/mol. The van der Waals surface area contributed by atoms with E-state index in [9.17, 15) is 0 Å². The summed E-state index contributed by atoms with van der Waals surface area (Å²) in [5.74, 6) is 2.29. The molecular weight excluding hydrogens is 290 g/mol. The van der Waals surface area contributed by atoms with Gasteiger partial charge in [0.05, 0.1) is 12.0 Å². The third-order valence-electron chi connectivity index (χ3n) is 4.07. The Morgan fingerprint density at radius 2 is 2.13 bits per heavy atom. The number of furan rings is 1. The second-order valence-electron chi connectivity index (χ2n) is 5.72. The van der Waals surface area contributed by atoms with Crippen LogP contribution in [0.25, 0.3) is 33.9 Å². The second-order valence-corrected chi connectivity index (χ2v) is 5.72. The zero-order valence-electron chi connectivity index (χ0n) is 12.2. The van der Waals surface area contributed by atoms with E-state index < -0.39 is 0 Å². The molecule has 0 atom stereocenters. The Morgan fingerprint density at radius 1 is 1.17 bits per heavy atom. The molecule has 1 aliphatic carbocycles. The minimum absolute atomic E-state index is 0.554.